The Kier molecular flexibility index (Phi) is 4.55. The fourth-order valence-corrected chi connectivity index (χ4v) is 2.44. The first kappa shape index (κ1) is 13.6. The Balaban J connectivity index is 2.31. The van der Waals surface area contributed by atoms with E-state index in [0.29, 0.717) is 6.54 Å². The van der Waals surface area contributed by atoms with Crippen LogP contribution in [0.5, 0.6) is 0 Å². The average Bonchev–Trinajstić information content (AvgIpc) is 2.47. The molecule has 0 saturated carbocycles. The first-order chi connectivity index (χ1) is 9.26. The van der Waals surface area contributed by atoms with Gasteiger partial charge >= 0.3 is 0 Å². The number of benzene rings is 2. The van der Waals surface area contributed by atoms with Crippen LogP contribution in [0, 0.1) is 0 Å². The van der Waals surface area contributed by atoms with Gasteiger partial charge in [-0.05, 0) is 29.8 Å². The molecule has 0 saturated heterocycles. The topological polar surface area (TPSA) is 72.3 Å². The van der Waals surface area contributed by atoms with E-state index in [1.165, 1.54) is 0 Å². The maximum atomic E-state index is 9.72. The summed E-state index contributed by atoms with van der Waals surface area (Å²) < 4.78 is 0. The third-order valence-electron chi connectivity index (χ3n) is 3.53. The van der Waals surface area contributed by atoms with Gasteiger partial charge in [0, 0.05) is 17.5 Å². The van der Waals surface area contributed by atoms with E-state index in [9.17, 15) is 5.11 Å². The van der Waals surface area contributed by atoms with Crippen molar-refractivity contribution in [1.82, 2.24) is 0 Å². The first-order valence-electron chi connectivity index (χ1n) is 6.47. The minimum atomic E-state index is 0.00910. The number of hydrogen-bond acceptors (Lipinski definition) is 3. The van der Waals surface area contributed by atoms with Crippen molar-refractivity contribution in [2.75, 3.05) is 18.9 Å². The molecule has 1 unspecified atom stereocenters. The number of hydrogen-bond donors (Lipinski definition) is 3. The van der Waals surface area contributed by atoms with Gasteiger partial charge in [0.25, 0.3) is 0 Å². The standard InChI is InChI=1S/C16H20N2O/c17-10-15(13-6-8-14(18)9-7-13)16(11-19)12-4-2-1-3-5-12/h1-9,15-16,19H,10-11,17-18H2/t15?,16-/m0/s1. The third kappa shape index (κ3) is 3.13. The molecule has 0 aliphatic heterocycles. The summed E-state index contributed by atoms with van der Waals surface area (Å²) in [6.45, 7) is 0.570. The van der Waals surface area contributed by atoms with Crippen LogP contribution in [-0.2, 0) is 0 Å². The van der Waals surface area contributed by atoms with Gasteiger partial charge in [0.2, 0.25) is 0 Å². The van der Waals surface area contributed by atoms with Crippen LogP contribution in [0.1, 0.15) is 23.0 Å². The van der Waals surface area contributed by atoms with Gasteiger partial charge < -0.3 is 16.6 Å². The summed E-state index contributed by atoms with van der Waals surface area (Å²) in [5.41, 5.74) is 14.6. The van der Waals surface area contributed by atoms with Crippen molar-refractivity contribution in [3.63, 3.8) is 0 Å². The van der Waals surface area contributed by atoms with Gasteiger partial charge in [0.05, 0.1) is 6.61 Å². The Morgan fingerprint density at radius 1 is 0.842 bits per heavy atom. The molecule has 2 rings (SSSR count). The Bertz CT molecular complexity index is 496. The minimum absolute atomic E-state index is 0.00910. The zero-order chi connectivity index (χ0) is 13.7. The summed E-state index contributed by atoms with van der Waals surface area (Å²) in [6.07, 6.45) is 0. The maximum Gasteiger partial charge on any atom is 0.0506 e. The van der Waals surface area contributed by atoms with Crippen LogP contribution < -0.4 is 11.5 Å². The number of rotatable bonds is 5. The molecule has 2 atom stereocenters. The molecule has 0 aliphatic carbocycles. The third-order valence-corrected chi connectivity index (χ3v) is 3.53. The second-order valence-corrected chi connectivity index (χ2v) is 4.71. The number of aliphatic hydroxyl groups is 1. The molecule has 2 aromatic carbocycles. The van der Waals surface area contributed by atoms with Gasteiger partial charge in [-0.2, -0.15) is 0 Å². The van der Waals surface area contributed by atoms with E-state index in [-0.39, 0.29) is 18.4 Å². The second-order valence-electron chi connectivity index (χ2n) is 4.71. The number of aliphatic hydroxyl groups excluding tert-OH is 1. The Morgan fingerprint density at radius 3 is 1.95 bits per heavy atom. The summed E-state index contributed by atoms with van der Waals surface area (Å²) in [5.74, 6) is 0.0998. The van der Waals surface area contributed by atoms with Crippen molar-refractivity contribution < 1.29 is 5.11 Å². The SMILES string of the molecule is NCC(c1ccc(N)cc1)[C@@H](CO)c1ccccc1. The summed E-state index contributed by atoms with van der Waals surface area (Å²) in [4.78, 5) is 0. The summed E-state index contributed by atoms with van der Waals surface area (Å²) in [6, 6.07) is 17.7. The summed E-state index contributed by atoms with van der Waals surface area (Å²) in [5, 5.41) is 9.72. The molecular weight excluding hydrogens is 236 g/mol. The molecule has 0 aromatic heterocycles. The Labute approximate surface area is 113 Å². The van der Waals surface area contributed by atoms with Gasteiger partial charge in [0.1, 0.15) is 0 Å². The first-order valence-corrected chi connectivity index (χ1v) is 6.47. The molecule has 100 valence electrons. The number of nitrogens with two attached hydrogens (primary N) is 2. The molecule has 3 nitrogen and oxygen atoms in total. The maximum absolute atomic E-state index is 9.72. The van der Waals surface area contributed by atoms with E-state index >= 15 is 0 Å². The van der Waals surface area contributed by atoms with E-state index in [1.54, 1.807) is 0 Å². The van der Waals surface area contributed by atoms with Crippen LogP contribution in [0.25, 0.3) is 0 Å². The molecule has 3 heteroatoms. The molecule has 0 spiro atoms. The van der Waals surface area contributed by atoms with E-state index < -0.39 is 0 Å². The molecule has 0 bridgehead atoms. The fourth-order valence-electron chi connectivity index (χ4n) is 2.44. The molecule has 0 radical (unpaired) electrons. The Morgan fingerprint density at radius 2 is 1.42 bits per heavy atom. The van der Waals surface area contributed by atoms with Crippen LogP contribution in [0.4, 0.5) is 5.69 Å². The lowest BCUT2D eigenvalue weighted by molar-refractivity contribution is 0.248. The molecule has 19 heavy (non-hydrogen) atoms. The van der Waals surface area contributed by atoms with Crippen LogP contribution in [0.2, 0.25) is 0 Å². The van der Waals surface area contributed by atoms with Gasteiger partial charge in [-0.25, -0.2) is 0 Å². The van der Waals surface area contributed by atoms with Crippen LogP contribution >= 0.6 is 0 Å². The predicted molar refractivity (Wildman–Crippen MR) is 78.9 cm³/mol. The van der Waals surface area contributed by atoms with E-state index in [1.807, 2.05) is 54.6 Å². The highest BCUT2D eigenvalue weighted by Crippen LogP contribution is 2.32. The minimum Gasteiger partial charge on any atom is -0.399 e. The molecule has 0 fully saturated rings. The second kappa shape index (κ2) is 6.36. The highest BCUT2D eigenvalue weighted by atomic mass is 16.3. The fraction of sp³-hybridized carbons (Fsp3) is 0.250. The lowest BCUT2D eigenvalue weighted by atomic mass is 9.82. The normalized spacial score (nSPS) is 14.0. The monoisotopic (exact) mass is 256 g/mol. The number of nitrogen functional groups attached to an aromatic ring is 1. The number of anilines is 1. The highest BCUT2D eigenvalue weighted by molar-refractivity contribution is 5.41. The molecule has 0 aliphatic rings. The van der Waals surface area contributed by atoms with Crippen molar-refractivity contribution in [2.24, 2.45) is 5.73 Å². The lowest BCUT2D eigenvalue weighted by Gasteiger charge is -2.25. The molecule has 0 amide bonds. The van der Waals surface area contributed by atoms with E-state index in [4.69, 9.17) is 11.5 Å². The van der Waals surface area contributed by atoms with Crippen molar-refractivity contribution in [2.45, 2.75) is 11.8 Å². The van der Waals surface area contributed by atoms with Crippen molar-refractivity contribution in [3.05, 3.63) is 65.7 Å². The van der Waals surface area contributed by atoms with Crippen molar-refractivity contribution in [3.8, 4) is 0 Å². The smallest absolute Gasteiger partial charge is 0.0506 e. The Hall–Kier alpha value is -1.84. The zero-order valence-electron chi connectivity index (χ0n) is 10.9. The van der Waals surface area contributed by atoms with Crippen LogP contribution in [0.15, 0.2) is 54.6 Å². The predicted octanol–water partition coefficient (Wildman–Crippen LogP) is 2.09. The van der Waals surface area contributed by atoms with E-state index in [2.05, 4.69) is 0 Å². The molecule has 5 N–H and O–H groups in total. The average molecular weight is 256 g/mol. The summed E-state index contributed by atoms with van der Waals surface area (Å²) in [7, 11) is 0. The van der Waals surface area contributed by atoms with E-state index in [0.717, 1.165) is 16.8 Å². The molecule has 2 aromatic rings. The highest BCUT2D eigenvalue weighted by Gasteiger charge is 2.22. The van der Waals surface area contributed by atoms with Crippen LogP contribution in [-0.4, -0.2) is 18.3 Å². The quantitative estimate of drug-likeness (QED) is 0.717. The van der Waals surface area contributed by atoms with Crippen molar-refractivity contribution in [1.29, 1.82) is 0 Å². The van der Waals surface area contributed by atoms with Gasteiger partial charge in [-0.1, -0.05) is 42.5 Å². The van der Waals surface area contributed by atoms with Crippen molar-refractivity contribution >= 4 is 5.69 Å². The van der Waals surface area contributed by atoms with Gasteiger partial charge in [-0.15, -0.1) is 0 Å². The zero-order valence-corrected chi connectivity index (χ0v) is 10.9. The molecular formula is C16H20N2O. The largest absolute Gasteiger partial charge is 0.399 e. The van der Waals surface area contributed by atoms with Gasteiger partial charge in [0.15, 0.2) is 0 Å². The van der Waals surface area contributed by atoms with Crippen LogP contribution in [0.3, 0.4) is 0 Å². The summed E-state index contributed by atoms with van der Waals surface area (Å²) >= 11 is 0. The lowest BCUT2D eigenvalue weighted by Crippen LogP contribution is -2.22. The molecule has 0 heterocycles. The van der Waals surface area contributed by atoms with Gasteiger partial charge in [-0.3, -0.25) is 0 Å².